The quantitative estimate of drug-likeness (QED) is 0.187. The van der Waals surface area contributed by atoms with Crippen LogP contribution in [0, 0.1) is 11.3 Å². The highest BCUT2D eigenvalue weighted by Crippen LogP contribution is 2.31. The van der Waals surface area contributed by atoms with Crippen molar-refractivity contribution in [3.05, 3.63) is 139 Å². The molecule has 1 heterocycles. The van der Waals surface area contributed by atoms with E-state index in [0.717, 1.165) is 40.7 Å². The average molecular weight is 670 g/mol. The van der Waals surface area contributed by atoms with Gasteiger partial charge in [0.05, 0.1) is 22.9 Å². The number of carbonyl (C=O) groups excluding carboxylic acids is 1. The van der Waals surface area contributed by atoms with Crippen LogP contribution in [0.5, 0.6) is 11.5 Å². The maximum atomic E-state index is 14.0. The number of nitrogens with zero attached hydrogens (tertiary/aromatic N) is 2. The summed E-state index contributed by atoms with van der Waals surface area (Å²) in [5.41, 5.74) is 0.935. The van der Waals surface area contributed by atoms with Crippen molar-refractivity contribution in [1.82, 2.24) is 4.57 Å². The van der Waals surface area contributed by atoms with Crippen LogP contribution in [-0.4, -0.2) is 17.6 Å². The van der Waals surface area contributed by atoms with Gasteiger partial charge < -0.3 is 14.8 Å². The van der Waals surface area contributed by atoms with Crippen LogP contribution in [0.2, 0.25) is 0 Å². The average Bonchev–Trinajstić information content (AvgIpc) is 3.38. The first-order valence-electron chi connectivity index (χ1n) is 14.8. The molecule has 0 bridgehead atoms. The van der Waals surface area contributed by atoms with E-state index in [1.165, 1.54) is 17.7 Å². The van der Waals surface area contributed by atoms with Gasteiger partial charge in [-0.1, -0.05) is 68.4 Å². The highest BCUT2D eigenvalue weighted by Gasteiger charge is 2.30. The Kier molecular flexibility index (Phi) is 10.2. The van der Waals surface area contributed by atoms with E-state index < -0.39 is 28.8 Å². The second-order valence-electron chi connectivity index (χ2n) is 11.0. The first-order chi connectivity index (χ1) is 23.0. The molecule has 244 valence electrons. The summed E-state index contributed by atoms with van der Waals surface area (Å²) in [4.78, 5) is 27.4. The van der Waals surface area contributed by atoms with Crippen molar-refractivity contribution in [2.24, 2.45) is 0 Å². The number of halogens is 3. The van der Waals surface area contributed by atoms with Crippen molar-refractivity contribution in [2.45, 2.75) is 32.5 Å². The highest BCUT2D eigenvalue weighted by atomic mass is 32.1. The molecule has 1 N–H and O–H groups in total. The molecule has 7 nitrogen and oxygen atoms in total. The van der Waals surface area contributed by atoms with E-state index in [0.29, 0.717) is 22.7 Å². The van der Waals surface area contributed by atoms with Crippen LogP contribution < -0.4 is 29.5 Å². The monoisotopic (exact) mass is 669 g/mol. The number of methoxy groups -OCH3 is 1. The SMILES string of the molecule is COc1ccc(/C=c2\s/c(=C(/C#N)C(=O)Nc3cccc(C(F)(F)F)c3)n(-c3ccc(C(C)C)cc3)c2=O)cc1OCc1ccccc1. The molecule has 48 heavy (non-hydrogen) atoms. The summed E-state index contributed by atoms with van der Waals surface area (Å²) in [6, 6.07) is 27.9. The normalized spacial score (nSPS) is 12.4. The lowest BCUT2D eigenvalue weighted by atomic mass is 10.0. The third kappa shape index (κ3) is 7.67. The molecule has 4 aromatic carbocycles. The first kappa shape index (κ1) is 33.8. The van der Waals surface area contributed by atoms with Crippen LogP contribution in [-0.2, 0) is 17.6 Å². The largest absolute Gasteiger partial charge is 0.493 e. The van der Waals surface area contributed by atoms with Gasteiger partial charge in [-0.25, -0.2) is 0 Å². The molecule has 0 saturated carbocycles. The fraction of sp³-hybridized carbons (Fsp3) is 0.162. The number of carbonyl (C=O) groups is 1. The fourth-order valence-electron chi connectivity index (χ4n) is 4.84. The maximum absolute atomic E-state index is 14.0. The molecule has 0 aliphatic heterocycles. The van der Waals surface area contributed by atoms with Crippen molar-refractivity contribution >= 4 is 34.6 Å². The fourth-order valence-corrected chi connectivity index (χ4v) is 5.94. The highest BCUT2D eigenvalue weighted by molar-refractivity contribution is 7.07. The van der Waals surface area contributed by atoms with Gasteiger partial charge in [-0.15, -0.1) is 11.3 Å². The van der Waals surface area contributed by atoms with Crippen LogP contribution in [0.15, 0.2) is 102 Å². The smallest absolute Gasteiger partial charge is 0.416 e. The zero-order valence-electron chi connectivity index (χ0n) is 26.2. The second kappa shape index (κ2) is 14.4. The minimum atomic E-state index is -4.63. The molecule has 0 aliphatic rings. The minimum absolute atomic E-state index is 0.0181. The van der Waals surface area contributed by atoms with Gasteiger partial charge in [-0.3, -0.25) is 14.2 Å². The number of hydrogen-bond acceptors (Lipinski definition) is 6. The molecule has 1 amide bonds. The van der Waals surface area contributed by atoms with E-state index in [9.17, 15) is 28.0 Å². The summed E-state index contributed by atoms with van der Waals surface area (Å²) in [5.74, 6) is 0.192. The van der Waals surface area contributed by atoms with Gasteiger partial charge in [0.15, 0.2) is 17.1 Å². The number of alkyl halides is 3. The summed E-state index contributed by atoms with van der Waals surface area (Å²) in [6.45, 7) is 4.33. The maximum Gasteiger partial charge on any atom is 0.416 e. The number of anilines is 1. The van der Waals surface area contributed by atoms with Crippen LogP contribution in [0.4, 0.5) is 18.9 Å². The number of benzene rings is 4. The number of thiazole rings is 1. The van der Waals surface area contributed by atoms with E-state index in [1.54, 1.807) is 36.4 Å². The lowest BCUT2D eigenvalue weighted by molar-refractivity contribution is -0.137. The molecule has 5 rings (SSSR count). The molecule has 0 unspecified atom stereocenters. The Morgan fingerprint density at radius 2 is 1.71 bits per heavy atom. The molecule has 0 saturated heterocycles. The molecule has 11 heteroatoms. The van der Waals surface area contributed by atoms with Gasteiger partial charge >= 0.3 is 6.18 Å². The van der Waals surface area contributed by atoms with E-state index >= 15 is 0 Å². The van der Waals surface area contributed by atoms with Crippen molar-refractivity contribution < 1.29 is 27.4 Å². The van der Waals surface area contributed by atoms with Crippen molar-refractivity contribution in [1.29, 1.82) is 5.26 Å². The number of amides is 1. The van der Waals surface area contributed by atoms with Gasteiger partial charge in [0.2, 0.25) is 0 Å². The predicted octanol–water partition coefficient (Wildman–Crippen LogP) is 6.77. The summed E-state index contributed by atoms with van der Waals surface area (Å²) in [5, 5.41) is 12.5. The Morgan fingerprint density at radius 1 is 0.979 bits per heavy atom. The predicted molar refractivity (Wildman–Crippen MR) is 180 cm³/mol. The van der Waals surface area contributed by atoms with Gasteiger partial charge in [-0.05, 0) is 71.1 Å². The lowest BCUT2D eigenvalue weighted by Crippen LogP contribution is -2.32. The number of aromatic nitrogens is 1. The Hall–Kier alpha value is -5.60. The third-order valence-corrected chi connectivity index (χ3v) is 8.46. The molecular weight excluding hydrogens is 639 g/mol. The summed E-state index contributed by atoms with van der Waals surface area (Å²) < 4.78 is 52.9. The van der Waals surface area contributed by atoms with Gasteiger partial charge in [-0.2, -0.15) is 18.4 Å². The topological polar surface area (TPSA) is 93.4 Å². The molecule has 0 aliphatic carbocycles. The standard InChI is InChI=1S/C37H30F3N3O4S/c1-23(2)26-13-15-29(16-14-26)43-35(45)33(19-25-12-17-31(46-3)32(18-25)47-22-24-8-5-4-6-9-24)48-36(43)30(21-41)34(44)42-28-11-7-10-27(20-28)37(38,39)40/h4-20,23H,22H2,1-3H3,(H,42,44)/b33-19-,36-30-. The van der Waals surface area contributed by atoms with E-state index in [-0.39, 0.29) is 27.4 Å². The van der Waals surface area contributed by atoms with Crippen LogP contribution in [0.3, 0.4) is 0 Å². The van der Waals surface area contributed by atoms with E-state index in [1.807, 2.05) is 62.4 Å². The molecular formula is C37H30F3N3O4S. The number of ether oxygens (including phenoxy) is 2. The molecule has 1 aromatic heterocycles. The van der Waals surface area contributed by atoms with Gasteiger partial charge in [0, 0.05) is 5.69 Å². The van der Waals surface area contributed by atoms with Crippen LogP contribution >= 0.6 is 11.3 Å². The Morgan fingerprint density at radius 3 is 2.35 bits per heavy atom. The number of rotatable bonds is 9. The third-order valence-electron chi connectivity index (χ3n) is 7.36. The molecule has 0 fully saturated rings. The van der Waals surface area contributed by atoms with Crippen molar-refractivity contribution in [3.8, 4) is 23.3 Å². The molecule has 0 spiro atoms. The molecule has 0 radical (unpaired) electrons. The number of hydrogen-bond donors (Lipinski definition) is 1. The van der Waals surface area contributed by atoms with Crippen molar-refractivity contribution in [3.63, 3.8) is 0 Å². The summed E-state index contributed by atoms with van der Waals surface area (Å²) >= 11 is 0.914. The van der Waals surface area contributed by atoms with Gasteiger partial charge in [0.1, 0.15) is 17.3 Å². The van der Waals surface area contributed by atoms with E-state index in [4.69, 9.17) is 9.47 Å². The van der Waals surface area contributed by atoms with E-state index in [2.05, 4.69) is 5.32 Å². The Bertz CT molecular complexity index is 2170. The zero-order chi connectivity index (χ0) is 34.4. The minimum Gasteiger partial charge on any atom is -0.493 e. The lowest BCUT2D eigenvalue weighted by Gasteiger charge is -2.11. The Labute approximate surface area is 278 Å². The summed E-state index contributed by atoms with van der Waals surface area (Å²) in [6.07, 6.45) is -3.01. The van der Waals surface area contributed by atoms with Crippen LogP contribution in [0.25, 0.3) is 17.3 Å². The number of nitriles is 1. The molecule has 0 atom stereocenters. The van der Waals surface area contributed by atoms with Gasteiger partial charge in [0.25, 0.3) is 11.5 Å². The zero-order valence-corrected chi connectivity index (χ0v) is 27.0. The number of nitrogens with one attached hydrogen (secondary N) is 1. The first-order valence-corrected chi connectivity index (χ1v) is 15.6. The molecule has 5 aromatic rings. The Balaban J connectivity index is 1.63. The van der Waals surface area contributed by atoms with Crippen LogP contribution in [0.1, 0.15) is 42.0 Å². The summed E-state index contributed by atoms with van der Waals surface area (Å²) in [7, 11) is 1.52. The van der Waals surface area contributed by atoms with Crippen molar-refractivity contribution in [2.75, 3.05) is 12.4 Å². The second-order valence-corrected chi connectivity index (χ2v) is 12.0.